The molecule has 1 aliphatic heterocycles. The van der Waals surface area contributed by atoms with Gasteiger partial charge in [-0.1, -0.05) is 0 Å². The van der Waals surface area contributed by atoms with Gasteiger partial charge in [0.25, 0.3) is 5.91 Å². The Bertz CT molecular complexity index is 648. The summed E-state index contributed by atoms with van der Waals surface area (Å²) in [6.45, 7) is 11.2. The smallest absolute Gasteiger partial charge is 0.414 e. The molecule has 1 aromatic carbocycles. The lowest BCUT2D eigenvalue weighted by Gasteiger charge is -2.38. The molecule has 0 unspecified atom stereocenters. The Morgan fingerprint density at radius 1 is 1.23 bits per heavy atom. The van der Waals surface area contributed by atoms with E-state index in [0.29, 0.717) is 18.0 Å². The summed E-state index contributed by atoms with van der Waals surface area (Å²) in [6.07, 6.45) is -0.454. The summed E-state index contributed by atoms with van der Waals surface area (Å²) in [5, 5.41) is 0. The molecule has 7 nitrogen and oxygen atoms in total. The van der Waals surface area contributed by atoms with Crippen molar-refractivity contribution in [2.24, 2.45) is 0 Å². The summed E-state index contributed by atoms with van der Waals surface area (Å²) in [6, 6.07) is 5.14. The number of carbonyl (C=O) groups is 2. The molecule has 0 fully saturated rings. The molecular formula is C19H30N3O4+. The number of likely N-dealkylation sites (N-methyl/N-ethyl adjacent to an activating group) is 1. The van der Waals surface area contributed by atoms with Gasteiger partial charge in [-0.25, -0.2) is 4.79 Å². The number of nitrogens with zero attached hydrogens (tertiary/aromatic N) is 3. The van der Waals surface area contributed by atoms with E-state index >= 15 is 0 Å². The molecule has 0 radical (unpaired) electrons. The van der Waals surface area contributed by atoms with Crippen molar-refractivity contribution in [3.8, 4) is 11.5 Å². The van der Waals surface area contributed by atoms with Gasteiger partial charge < -0.3 is 23.8 Å². The van der Waals surface area contributed by atoms with E-state index < -0.39 is 6.09 Å². The van der Waals surface area contributed by atoms with E-state index in [4.69, 9.17) is 9.47 Å². The Morgan fingerprint density at radius 2 is 1.88 bits per heavy atom. The molecule has 2 amide bonds. The van der Waals surface area contributed by atoms with Gasteiger partial charge in [0.05, 0.1) is 38.4 Å². The van der Waals surface area contributed by atoms with Crippen molar-refractivity contribution in [3.05, 3.63) is 18.2 Å². The minimum absolute atomic E-state index is 0.00244. The van der Waals surface area contributed by atoms with Crippen molar-refractivity contribution in [1.82, 2.24) is 4.90 Å². The summed E-state index contributed by atoms with van der Waals surface area (Å²) in [7, 11) is 3.24. The zero-order valence-electron chi connectivity index (χ0n) is 16.4. The predicted molar refractivity (Wildman–Crippen MR) is 101 cm³/mol. The molecule has 0 saturated carbocycles. The van der Waals surface area contributed by atoms with Crippen LogP contribution in [0, 0.1) is 0 Å². The molecule has 7 heteroatoms. The van der Waals surface area contributed by atoms with Crippen molar-refractivity contribution in [1.29, 1.82) is 0 Å². The number of hydrogen-bond acceptors (Lipinski definition) is 4. The van der Waals surface area contributed by atoms with Crippen LogP contribution < -0.4 is 14.4 Å². The number of carbonyl (C=O) groups excluding carboxylic acids is 2. The summed E-state index contributed by atoms with van der Waals surface area (Å²) in [4.78, 5) is 27.2. The van der Waals surface area contributed by atoms with Crippen LogP contribution in [0.3, 0.4) is 0 Å². The maximum atomic E-state index is 12.4. The van der Waals surface area contributed by atoms with Crippen LogP contribution in [0.25, 0.3) is 0 Å². The lowest BCUT2D eigenvalue weighted by molar-refractivity contribution is -0.921. The second kappa shape index (κ2) is 8.40. The number of amides is 2. The number of rotatable bonds is 7. The highest BCUT2D eigenvalue weighted by atomic mass is 16.6. The van der Waals surface area contributed by atoms with Crippen LogP contribution in [0.15, 0.2) is 18.2 Å². The highest BCUT2D eigenvalue weighted by Gasteiger charge is 2.29. The third-order valence-electron chi connectivity index (χ3n) is 5.25. The normalized spacial score (nSPS) is 13.9. The van der Waals surface area contributed by atoms with Gasteiger partial charge in [-0.2, -0.15) is 0 Å². The Balaban J connectivity index is 2.18. The van der Waals surface area contributed by atoms with E-state index in [2.05, 4.69) is 20.8 Å². The zero-order valence-corrected chi connectivity index (χ0v) is 16.4. The highest BCUT2D eigenvalue weighted by Crippen LogP contribution is 2.35. The van der Waals surface area contributed by atoms with Crippen molar-refractivity contribution < 1.29 is 23.5 Å². The van der Waals surface area contributed by atoms with E-state index in [1.54, 1.807) is 37.2 Å². The van der Waals surface area contributed by atoms with Crippen LogP contribution in [0.1, 0.15) is 20.8 Å². The van der Waals surface area contributed by atoms with E-state index in [9.17, 15) is 9.59 Å². The summed E-state index contributed by atoms with van der Waals surface area (Å²) in [5.41, 5.74) is 0.729. The first kappa shape index (κ1) is 20.0. The number of ether oxygens (including phenoxy) is 2. The van der Waals surface area contributed by atoms with Crippen molar-refractivity contribution in [2.75, 3.05) is 58.3 Å². The quantitative estimate of drug-likeness (QED) is 0.697. The predicted octanol–water partition coefficient (Wildman–Crippen LogP) is 2.35. The van der Waals surface area contributed by atoms with Gasteiger partial charge >= 0.3 is 6.09 Å². The average molecular weight is 364 g/mol. The molecule has 1 aliphatic rings. The number of hydrogen-bond donors (Lipinski definition) is 0. The zero-order chi connectivity index (χ0) is 19.3. The Labute approximate surface area is 155 Å². The van der Waals surface area contributed by atoms with Gasteiger partial charge in [-0.05, 0) is 32.9 Å². The fraction of sp³-hybridized carbons (Fsp3) is 0.579. The maximum absolute atomic E-state index is 12.4. The summed E-state index contributed by atoms with van der Waals surface area (Å²) < 4.78 is 11.8. The molecule has 2 rings (SSSR count). The third-order valence-corrected chi connectivity index (χ3v) is 5.25. The monoisotopic (exact) mass is 364 g/mol. The molecule has 0 atom stereocenters. The minimum atomic E-state index is -0.454. The molecule has 0 bridgehead atoms. The maximum Gasteiger partial charge on any atom is 0.414 e. The molecule has 0 saturated heterocycles. The van der Waals surface area contributed by atoms with Gasteiger partial charge in [0.1, 0.15) is 11.5 Å². The first-order chi connectivity index (χ1) is 12.4. The molecule has 1 heterocycles. The fourth-order valence-electron chi connectivity index (χ4n) is 3.14. The Kier molecular flexibility index (Phi) is 6.47. The van der Waals surface area contributed by atoms with E-state index in [-0.39, 0.29) is 12.5 Å². The Morgan fingerprint density at radius 3 is 2.46 bits per heavy atom. The standard InChI is InChI=1S/C19H30N3O4/c1-6-22(7-2,8-3)12-11-21-16-10-9-15(26-19(24)20(4)5)13-17(16)25-14-18(21)23/h9-10,13H,6-8,11-12,14H2,1-5H3/q+1. The van der Waals surface area contributed by atoms with Gasteiger partial charge in [0.15, 0.2) is 6.61 Å². The molecule has 26 heavy (non-hydrogen) atoms. The van der Waals surface area contributed by atoms with Crippen LogP contribution in [-0.4, -0.2) is 74.8 Å². The van der Waals surface area contributed by atoms with Gasteiger partial charge in [0, 0.05) is 20.2 Å². The molecular weight excluding hydrogens is 334 g/mol. The van der Waals surface area contributed by atoms with Gasteiger partial charge in [0.2, 0.25) is 0 Å². The average Bonchev–Trinajstić information content (AvgIpc) is 2.64. The van der Waals surface area contributed by atoms with Crippen molar-refractivity contribution in [2.45, 2.75) is 20.8 Å². The largest absolute Gasteiger partial charge is 0.481 e. The molecule has 0 aromatic heterocycles. The summed E-state index contributed by atoms with van der Waals surface area (Å²) >= 11 is 0. The highest BCUT2D eigenvalue weighted by molar-refractivity contribution is 5.98. The molecule has 0 aliphatic carbocycles. The molecule has 1 aromatic rings. The third kappa shape index (κ3) is 4.27. The van der Waals surface area contributed by atoms with E-state index in [0.717, 1.165) is 36.3 Å². The molecule has 0 spiro atoms. The summed E-state index contributed by atoms with van der Waals surface area (Å²) in [5.74, 6) is 0.922. The molecule has 0 N–H and O–H groups in total. The fourth-order valence-corrected chi connectivity index (χ4v) is 3.14. The van der Waals surface area contributed by atoms with Crippen LogP contribution >= 0.6 is 0 Å². The van der Waals surface area contributed by atoms with Crippen LogP contribution in [-0.2, 0) is 4.79 Å². The second-order valence-corrected chi connectivity index (χ2v) is 6.74. The van der Waals surface area contributed by atoms with Crippen LogP contribution in [0.2, 0.25) is 0 Å². The van der Waals surface area contributed by atoms with Crippen LogP contribution in [0.5, 0.6) is 11.5 Å². The first-order valence-electron chi connectivity index (χ1n) is 9.17. The lowest BCUT2D eigenvalue weighted by Crippen LogP contribution is -2.53. The number of benzene rings is 1. The van der Waals surface area contributed by atoms with Gasteiger partial charge in [-0.15, -0.1) is 0 Å². The minimum Gasteiger partial charge on any atom is -0.481 e. The number of fused-ring (bicyclic) bond motifs is 1. The van der Waals surface area contributed by atoms with E-state index in [1.807, 2.05) is 0 Å². The lowest BCUT2D eigenvalue weighted by atomic mass is 10.2. The van der Waals surface area contributed by atoms with Gasteiger partial charge in [-0.3, -0.25) is 4.79 Å². The SMILES string of the molecule is CC[N+](CC)(CC)CCN1C(=O)COc2cc(OC(=O)N(C)C)ccc21. The van der Waals surface area contributed by atoms with Crippen molar-refractivity contribution in [3.63, 3.8) is 0 Å². The topological polar surface area (TPSA) is 59.1 Å². The Hall–Kier alpha value is -2.28. The number of quaternary nitrogens is 1. The van der Waals surface area contributed by atoms with E-state index in [1.165, 1.54) is 4.90 Å². The first-order valence-corrected chi connectivity index (χ1v) is 9.17. The molecule has 144 valence electrons. The number of anilines is 1. The second-order valence-electron chi connectivity index (χ2n) is 6.74. The van der Waals surface area contributed by atoms with Crippen LogP contribution in [0.4, 0.5) is 10.5 Å². The van der Waals surface area contributed by atoms with Crippen molar-refractivity contribution >= 4 is 17.7 Å².